The van der Waals surface area contributed by atoms with Crippen LogP contribution in [0.1, 0.15) is 18.9 Å². The zero-order valence-electron chi connectivity index (χ0n) is 10.3. The van der Waals surface area contributed by atoms with Crippen LogP contribution in [0.25, 0.3) is 0 Å². The van der Waals surface area contributed by atoms with Crippen molar-refractivity contribution in [3.63, 3.8) is 0 Å². The van der Waals surface area contributed by atoms with Crippen molar-refractivity contribution in [1.29, 1.82) is 0 Å². The van der Waals surface area contributed by atoms with Crippen LogP contribution in [0.5, 0.6) is 5.75 Å². The van der Waals surface area contributed by atoms with Gasteiger partial charge in [-0.3, -0.25) is 0 Å². The molecule has 0 amide bonds. The first-order chi connectivity index (χ1) is 8.12. The lowest BCUT2D eigenvalue weighted by atomic mass is 9.94. The summed E-state index contributed by atoms with van der Waals surface area (Å²) in [6.07, 6.45) is 3.39. The lowest BCUT2D eigenvalue weighted by molar-refractivity contribution is 0.0350. The summed E-state index contributed by atoms with van der Waals surface area (Å²) >= 11 is 0. The number of aliphatic hydroxyl groups is 1. The van der Waals surface area contributed by atoms with Crippen LogP contribution in [0.2, 0.25) is 0 Å². The Morgan fingerprint density at radius 1 is 1.35 bits per heavy atom. The van der Waals surface area contributed by atoms with Crippen molar-refractivity contribution >= 4 is 0 Å². The summed E-state index contributed by atoms with van der Waals surface area (Å²) in [6.45, 7) is 2.46. The van der Waals surface area contributed by atoms with Crippen LogP contribution >= 0.6 is 0 Å². The highest BCUT2D eigenvalue weighted by molar-refractivity contribution is 5.29. The Morgan fingerprint density at radius 3 is 2.59 bits per heavy atom. The van der Waals surface area contributed by atoms with Gasteiger partial charge in [-0.15, -0.1) is 0 Å². The normalized spacial score (nSPS) is 18.2. The Kier molecular flexibility index (Phi) is 3.38. The van der Waals surface area contributed by atoms with Gasteiger partial charge in [0, 0.05) is 12.8 Å². The summed E-state index contributed by atoms with van der Waals surface area (Å²) in [5.41, 5.74) is 0.137. The first-order valence-electron chi connectivity index (χ1n) is 5.80. The molecule has 0 aliphatic carbocycles. The largest absolute Gasteiger partial charge is 0.497 e. The fourth-order valence-corrected chi connectivity index (χ4v) is 2.02. The minimum atomic E-state index is -0.926. The number of ether oxygens (including phenoxy) is 2. The van der Waals surface area contributed by atoms with E-state index in [1.807, 2.05) is 30.3 Å². The topological polar surface area (TPSA) is 38.7 Å². The Bertz CT molecular complexity index is 404. The molecule has 1 heterocycles. The van der Waals surface area contributed by atoms with Gasteiger partial charge in [0.2, 0.25) is 0 Å². The van der Waals surface area contributed by atoms with E-state index in [4.69, 9.17) is 9.47 Å². The van der Waals surface area contributed by atoms with E-state index in [0.29, 0.717) is 18.8 Å². The Hall–Kier alpha value is -1.48. The van der Waals surface area contributed by atoms with E-state index in [9.17, 15) is 5.11 Å². The molecule has 0 fully saturated rings. The van der Waals surface area contributed by atoms with E-state index in [1.54, 1.807) is 14.0 Å². The summed E-state index contributed by atoms with van der Waals surface area (Å²) in [7, 11) is 1.64. The van der Waals surface area contributed by atoms with Crippen molar-refractivity contribution in [2.24, 2.45) is 0 Å². The molecule has 0 bridgehead atoms. The fraction of sp³-hybridized carbons (Fsp3) is 0.429. The van der Waals surface area contributed by atoms with Crippen molar-refractivity contribution < 1.29 is 14.6 Å². The maximum atomic E-state index is 10.4. The third kappa shape index (κ3) is 2.80. The minimum Gasteiger partial charge on any atom is -0.497 e. The molecule has 0 aromatic heterocycles. The molecular weight excluding hydrogens is 216 g/mol. The Morgan fingerprint density at radius 2 is 2.06 bits per heavy atom. The van der Waals surface area contributed by atoms with Crippen LogP contribution in [-0.4, -0.2) is 24.4 Å². The van der Waals surface area contributed by atoms with Gasteiger partial charge in [-0.1, -0.05) is 12.1 Å². The molecule has 1 aromatic carbocycles. The van der Waals surface area contributed by atoms with Crippen LogP contribution in [-0.2, 0) is 11.2 Å². The van der Waals surface area contributed by atoms with Gasteiger partial charge in [0.1, 0.15) is 17.1 Å². The highest BCUT2D eigenvalue weighted by atomic mass is 16.5. The smallest absolute Gasteiger partial charge is 0.124 e. The van der Waals surface area contributed by atoms with Crippen molar-refractivity contribution in [1.82, 2.24) is 0 Å². The molecule has 1 aliphatic heterocycles. The van der Waals surface area contributed by atoms with Gasteiger partial charge in [-0.2, -0.15) is 0 Å². The number of hydrogen-bond donors (Lipinski definition) is 1. The molecule has 1 unspecified atom stereocenters. The average Bonchev–Trinajstić information content (AvgIpc) is 2.84. The summed E-state index contributed by atoms with van der Waals surface area (Å²) < 4.78 is 10.5. The standard InChI is InChI=1S/C14H18O3/c1-14(15,13-4-3-9-17-13)10-11-5-7-12(16-2)8-6-11/h4-8,15H,3,9-10H2,1-2H3. The van der Waals surface area contributed by atoms with Crippen LogP contribution in [0.3, 0.4) is 0 Å². The summed E-state index contributed by atoms with van der Waals surface area (Å²) in [4.78, 5) is 0. The highest BCUT2D eigenvalue weighted by Gasteiger charge is 2.29. The third-order valence-corrected chi connectivity index (χ3v) is 2.94. The van der Waals surface area contributed by atoms with Gasteiger partial charge < -0.3 is 14.6 Å². The molecule has 1 N–H and O–H groups in total. The third-order valence-electron chi connectivity index (χ3n) is 2.94. The fourth-order valence-electron chi connectivity index (χ4n) is 2.02. The van der Waals surface area contributed by atoms with Crippen LogP contribution in [0, 0.1) is 0 Å². The molecule has 2 rings (SSSR count). The van der Waals surface area contributed by atoms with Gasteiger partial charge in [0.25, 0.3) is 0 Å². The monoisotopic (exact) mass is 234 g/mol. The van der Waals surface area contributed by atoms with Crippen molar-refractivity contribution in [3.05, 3.63) is 41.7 Å². The Balaban J connectivity index is 2.08. The highest BCUT2D eigenvalue weighted by Crippen LogP contribution is 2.27. The summed E-state index contributed by atoms with van der Waals surface area (Å²) in [6, 6.07) is 7.72. The number of benzene rings is 1. The molecule has 0 saturated heterocycles. The predicted molar refractivity (Wildman–Crippen MR) is 66.0 cm³/mol. The summed E-state index contributed by atoms with van der Waals surface area (Å²) in [5.74, 6) is 1.51. The molecule has 1 aliphatic rings. The molecule has 3 nitrogen and oxygen atoms in total. The number of rotatable bonds is 4. The van der Waals surface area contributed by atoms with Crippen LogP contribution in [0.15, 0.2) is 36.1 Å². The zero-order chi connectivity index (χ0) is 12.3. The number of hydrogen-bond acceptors (Lipinski definition) is 3. The Labute approximate surface area is 102 Å². The van der Waals surface area contributed by atoms with Gasteiger partial charge >= 0.3 is 0 Å². The molecule has 1 atom stereocenters. The second-order valence-electron chi connectivity index (χ2n) is 4.50. The van der Waals surface area contributed by atoms with Gasteiger partial charge in [-0.05, 0) is 30.7 Å². The summed E-state index contributed by atoms with van der Waals surface area (Å²) in [5, 5.41) is 10.4. The molecule has 0 spiro atoms. The minimum absolute atomic E-state index is 0.544. The zero-order valence-corrected chi connectivity index (χ0v) is 10.3. The number of methoxy groups -OCH3 is 1. The second kappa shape index (κ2) is 4.80. The molecule has 17 heavy (non-hydrogen) atoms. The van der Waals surface area contributed by atoms with Gasteiger partial charge in [0.15, 0.2) is 0 Å². The first kappa shape index (κ1) is 12.0. The van der Waals surface area contributed by atoms with E-state index < -0.39 is 5.60 Å². The molecule has 1 aromatic rings. The molecule has 3 heteroatoms. The molecule has 0 radical (unpaired) electrons. The molecule has 92 valence electrons. The van der Waals surface area contributed by atoms with Crippen molar-refractivity contribution in [2.75, 3.05) is 13.7 Å². The van der Waals surface area contributed by atoms with E-state index in [2.05, 4.69) is 0 Å². The first-order valence-corrected chi connectivity index (χ1v) is 5.80. The maximum Gasteiger partial charge on any atom is 0.124 e. The van der Waals surface area contributed by atoms with Crippen LogP contribution < -0.4 is 4.74 Å². The quantitative estimate of drug-likeness (QED) is 0.868. The van der Waals surface area contributed by atoms with E-state index >= 15 is 0 Å². The molecular formula is C14H18O3. The van der Waals surface area contributed by atoms with Crippen molar-refractivity contribution in [2.45, 2.75) is 25.4 Å². The molecule has 0 saturated carbocycles. The van der Waals surface area contributed by atoms with E-state index in [0.717, 1.165) is 17.7 Å². The second-order valence-corrected chi connectivity index (χ2v) is 4.50. The van der Waals surface area contributed by atoms with Gasteiger partial charge in [0.05, 0.1) is 13.7 Å². The predicted octanol–water partition coefficient (Wildman–Crippen LogP) is 2.29. The lowest BCUT2D eigenvalue weighted by Crippen LogP contribution is -2.30. The SMILES string of the molecule is COc1ccc(CC(C)(O)C2=CCCO2)cc1. The van der Waals surface area contributed by atoms with E-state index in [1.165, 1.54) is 0 Å². The van der Waals surface area contributed by atoms with Crippen molar-refractivity contribution in [3.8, 4) is 5.75 Å². The van der Waals surface area contributed by atoms with Gasteiger partial charge in [-0.25, -0.2) is 0 Å². The average molecular weight is 234 g/mol. The van der Waals surface area contributed by atoms with E-state index in [-0.39, 0.29) is 0 Å². The van der Waals surface area contributed by atoms with Crippen LogP contribution in [0.4, 0.5) is 0 Å². The maximum absolute atomic E-state index is 10.4. The lowest BCUT2D eigenvalue weighted by Gasteiger charge is -2.24.